The van der Waals surface area contributed by atoms with Crippen LogP contribution in [0, 0.1) is 17.3 Å². The van der Waals surface area contributed by atoms with Crippen molar-refractivity contribution in [2.45, 2.75) is 87.5 Å². The molecular weight excluding hydrogens is 484 g/mol. The van der Waals surface area contributed by atoms with Gasteiger partial charge in [0.1, 0.15) is 0 Å². The Balaban J connectivity index is 1.62. The van der Waals surface area contributed by atoms with Crippen molar-refractivity contribution in [3.8, 4) is 0 Å². The van der Waals surface area contributed by atoms with Gasteiger partial charge in [0, 0.05) is 65.3 Å². The number of allylic oxidation sites excluding steroid dienone is 1. The highest BCUT2D eigenvalue weighted by molar-refractivity contribution is 5.44. The monoisotopic (exact) mass is 530 g/mol. The molecule has 3 saturated carbocycles. The Morgan fingerprint density at radius 1 is 0.921 bits per heavy atom. The van der Waals surface area contributed by atoms with Gasteiger partial charge in [-0.1, -0.05) is 36.8 Å². The zero-order valence-electron chi connectivity index (χ0n) is 23.9. The van der Waals surface area contributed by atoms with Crippen LogP contribution < -0.4 is 0 Å². The highest BCUT2D eigenvalue weighted by Crippen LogP contribution is 2.67. The van der Waals surface area contributed by atoms with E-state index in [2.05, 4.69) is 31.2 Å². The van der Waals surface area contributed by atoms with Crippen molar-refractivity contribution in [1.82, 2.24) is 0 Å². The van der Waals surface area contributed by atoms with Crippen LogP contribution in [0.4, 0.5) is 0 Å². The molecule has 0 amide bonds. The van der Waals surface area contributed by atoms with Gasteiger partial charge in [-0.15, -0.1) is 0 Å². The van der Waals surface area contributed by atoms with E-state index in [0.717, 1.165) is 44.1 Å². The number of fused-ring (bicyclic) bond motifs is 4. The molecule has 4 aliphatic carbocycles. The van der Waals surface area contributed by atoms with Crippen LogP contribution in [0.3, 0.4) is 0 Å². The number of hydrogen-bond donors (Lipinski definition) is 2. The molecule has 0 spiro atoms. The summed E-state index contributed by atoms with van der Waals surface area (Å²) < 4.78 is 28.1. The van der Waals surface area contributed by atoms with Gasteiger partial charge in [-0.3, -0.25) is 0 Å². The predicted octanol–water partition coefficient (Wildman–Crippen LogP) is 4.87. The first-order chi connectivity index (χ1) is 18.1. The molecule has 3 fully saturated rings. The number of aliphatic hydroxyl groups is 2. The Morgan fingerprint density at radius 2 is 1.61 bits per heavy atom. The Labute approximate surface area is 227 Å². The molecule has 7 nitrogen and oxygen atoms in total. The van der Waals surface area contributed by atoms with E-state index < -0.39 is 23.3 Å². The molecule has 5 rings (SSSR count). The molecule has 0 heterocycles. The Kier molecular flexibility index (Phi) is 7.62. The van der Waals surface area contributed by atoms with Gasteiger partial charge in [0.2, 0.25) is 0 Å². The highest BCUT2D eigenvalue weighted by atomic mass is 16.7. The van der Waals surface area contributed by atoms with Gasteiger partial charge in [0.15, 0.2) is 12.1 Å². The maximum absolute atomic E-state index is 12.1. The first kappa shape index (κ1) is 28.2. The van der Waals surface area contributed by atoms with Crippen molar-refractivity contribution in [3.05, 3.63) is 46.5 Å². The van der Waals surface area contributed by atoms with Crippen LogP contribution in [-0.2, 0) is 23.7 Å². The molecular formula is C31H46O7. The number of hydrogen-bond acceptors (Lipinski definition) is 7. The van der Waals surface area contributed by atoms with Crippen LogP contribution in [0.25, 0.3) is 0 Å². The molecule has 1 aromatic rings. The van der Waals surface area contributed by atoms with Gasteiger partial charge in [-0.05, 0) is 61.5 Å². The van der Waals surface area contributed by atoms with Crippen molar-refractivity contribution >= 4 is 0 Å². The zero-order valence-corrected chi connectivity index (χ0v) is 23.9. The quantitative estimate of drug-likeness (QED) is 0.366. The first-order valence-electron chi connectivity index (χ1n) is 14.1. The zero-order chi connectivity index (χ0) is 27.3. The lowest BCUT2D eigenvalue weighted by molar-refractivity contribution is -0.246. The smallest absolute Gasteiger partial charge is 0.183 e. The predicted molar refractivity (Wildman–Crippen MR) is 144 cm³/mol. The van der Waals surface area contributed by atoms with E-state index in [0.29, 0.717) is 31.3 Å². The lowest BCUT2D eigenvalue weighted by Crippen LogP contribution is -2.56. The van der Waals surface area contributed by atoms with Crippen LogP contribution in [0.1, 0.15) is 81.6 Å². The molecule has 2 N–H and O–H groups in total. The van der Waals surface area contributed by atoms with Crippen LogP contribution >= 0.6 is 0 Å². The molecule has 0 aromatic heterocycles. The summed E-state index contributed by atoms with van der Waals surface area (Å²) in [7, 11) is 8.32. The SMILES string of the molecule is COC[C@]1(O)CC[C@H]2[C@@H]3CC[C@@]4(O)CC(OC)(OC)CCC4=C3[C@@H](c3ccc(C(OC)OC)cc3)C[C@@]21C. The minimum Gasteiger partial charge on any atom is -0.387 e. The van der Waals surface area contributed by atoms with E-state index in [9.17, 15) is 10.2 Å². The second-order valence-electron chi connectivity index (χ2n) is 12.4. The third-order valence-corrected chi connectivity index (χ3v) is 10.9. The molecule has 0 saturated heterocycles. The van der Waals surface area contributed by atoms with Crippen molar-refractivity contribution in [1.29, 1.82) is 0 Å². The Morgan fingerprint density at radius 3 is 2.21 bits per heavy atom. The Bertz CT molecular complexity index is 1030. The number of benzene rings is 1. The standard InChI is InChI=1S/C31H46O7/c1-28-17-23(20-7-9-21(10-8-20)27(35-3)36-4)26-22(24(28)12-15-30(28,33)19-34-2)11-14-29(32)18-31(37-5,38-6)16-13-25(26)29/h7-10,22-24,27,32-33H,11-19H2,1-6H3/t22-,23+,24-,28-,29+,30+/m0/s1. The van der Waals surface area contributed by atoms with Gasteiger partial charge in [-0.25, -0.2) is 0 Å². The van der Waals surface area contributed by atoms with E-state index in [1.807, 2.05) is 0 Å². The fraction of sp³-hybridized carbons (Fsp3) is 0.742. The van der Waals surface area contributed by atoms with Gasteiger partial charge in [-0.2, -0.15) is 0 Å². The highest BCUT2D eigenvalue weighted by Gasteiger charge is 2.64. The average molecular weight is 531 g/mol. The van der Waals surface area contributed by atoms with Crippen LogP contribution in [-0.4, -0.2) is 69.4 Å². The van der Waals surface area contributed by atoms with Gasteiger partial charge in [0.05, 0.1) is 17.8 Å². The lowest BCUT2D eigenvalue weighted by Gasteiger charge is -2.57. The molecule has 0 aliphatic heterocycles. The molecule has 212 valence electrons. The van der Waals surface area contributed by atoms with Crippen LogP contribution in [0.2, 0.25) is 0 Å². The molecule has 0 radical (unpaired) electrons. The van der Waals surface area contributed by atoms with Crippen molar-refractivity contribution < 1.29 is 33.9 Å². The maximum Gasteiger partial charge on any atom is 0.183 e. The minimum absolute atomic E-state index is 0.0970. The average Bonchev–Trinajstić information content (AvgIpc) is 3.18. The number of methoxy groups -OCH3 is 5. The van der Waals surface area contributed by atoms with Crippen LogP contribution in [0.5, 0.6) is 0 Å². The van der Waals surface area contributed by atoms with Crippen LogP contribution in [0.15, 0.2) is 35.4 Å². The fourth-order valence-corrected chi connectivity index (χ4v) is 8.82. The van der Waals surface area contributed by atoms with Crippen molar-refractivity contribution in [2.75, 3.05) is 42.2 Å². The van der Waals surface area contributed by atoms with Crippen molar-refractivity contribution in [3.63, 3.8) is 0 Å². The normalized spacial score (nSPS) is 38.2. The third-order valence-electron chi connectivity index (χ3n) is 10.9. The van der Waals surface area contributed by atoms with E-state index in [1.54, 1.807) is 35.5 Å². The second kappa shape index (κ2) is 10.3. The van der Waals surface area contributed by atoms with Gasteiger partial charge < -0.3 is 33.9 Å². The number of rotatable bonds is 8. The largest absolute Gasteiger partial charge is 0.387 e. The fourth-order valence-electron chi connectivity index (χ4n) is 8.82. The van der Waals surface area contributed by atoms with E-state index >= 15 is 0 Å². The van der Waals surface area contributed by atoms with Gasteiger partial charge in [0.25, 0.3) is 0 Å². The van der Waals surface area contributed by atoms with E-state index in [1.165, 1.54) is 16.7 Å². The molecule has 38 heavy (non-hydrogen) atoms. The summed E-state index contributed by atoms with van der Waals surface area (Å²) >= 11 is 0. The maximum atomic E-state index is 12.1. The molecule has 6 atom stereocenters. The summed E-state index contributed by atoms with van der Waals surface area (Å²) in [5, 5.41) is 24.1. The summed E-state index contributed by atoms with van der Waals surface area (Å²) in [5.74, 6) is 0.0172. The number of ether oxygens (including phenoxy) is 5. The summed E-state index contributed by atoms with van der Waals surface area (Å²) in [5.41, 5.74) is 2.66. The molecule has 1 aromatic carbocycles. The first-order valence-corrected chi connectivity index (χ1v) is 14.1. The van der Waals surface area contributed by atoms with E-state index in [4.69, 9.17) is 23.7 Å². The third kappa shape index (κ3) is 4.21. The molecule has 4 aliphatic rings. The summed E-state index contributed by atoms with van der Waals surface area (Å²) in [6.45, 7) is 2.63. The topological polar surface area (TPSA) is 86.6 Å². The Hall–Kier alpha value is -1.32. The van der Waals surface area contributed by atoms with Gasteiger partial charge >= 0.3 is 0 Å². The summed E-state index contributed by atoms with van der Waals surface area (Å²) in [4.78, 5) is 0. The molecule has 0 bridgehead atoms. The van der Waals surface area contributed by atoms with Crippen molar-refractivity contribution in [2.24, 2.45) is 17.3 Å². The minimum atomic E-state index is -0.944. The summed E-state index contributed by atoms with van der Waals surface area (Å²) in [6, 6.07) is 8.51. The lowest BCUT2D eigenvalue weighted by atomic mass is 9.49. The second-order valence-corrected chi connectivity index (χ2v) is 12.4. The summed E-state index contributed by atoms with van der Waals surface area (Å²) in [6.07, 6.45) is 5.63. The van der Waals surface area contributed by atoms with E-state index in [-0.39, 0.29) is 11.3 Å². The molecule has 0 unspecified atom stereocenters. The molecule has 7 heteroatoms.